The summed E-state index contributed by atoms with van der Waals surface area (Å²) in [5.41, 5.74) is 0.577. The number of nitrogens with zero attached hydrogens (tertiary/aromatic N) is 3. The molecule has 0 aromatic rings. The smallest absolute Gasteiger partial charge is 0.349 e. The first-order valence-electron chi connectivity index (χ1n) is 17.8. The van der Waals surface area contributed by atoms with Gasteiger partial charge in [0.2, 0.25) is 0 Å². The third-order valence-electron chi connectivity index (χ3n) is 6.22. The highest BCUT2D eigenvalue weighted by molar-refractivity contribution is 7.78. The van der Waals surface area contributed by atoms with E-state index in [9.17, 15) is 28.8 Å². The third kappa shape index (κ3) is 20.3. The van der Waals surface area contributed by atoms with Gasteiger partial charge in [-0.15, -0.1) is 13.5 Å². The van der Waals surface area contributed by atoms with Crippen LogP contribution in [0.2, 0.25) is 0 Å². The van der Waals surface area contributed by atoms with Crippen LogP contribution in [0.3, 0.4) is 0 Å². The Morgan fingerprint density at radius 2 is 0.433 bits per heavy atom. The summed E-state index contributed by atoms with van der Waals surface area (Å²) in [6.45, 7) is 24.9. The predicted molar refractivity (Wildman–Crippen MR) is 218 cm³/mol. The first kappa shape index (κ1) is 53.7. The van der Waals surface area contributed by atoms with Crippen LogP contribution in [0.25, 0.3) is 0 Å². The van der Waals surface area contributed by atoms with E-state index in [2.05, 4.69) is 53.0 Å². The van der Waals surface area contributed by atoms with Crippen LogP contribution in [0.1, 0.15) is 41.5 Å². The maximum Gasteiger partial charge on any atom is 0.349 e. The molecule has 0 amide bonds. The molecule has 0 saturated heterocycles. The molecule has 21 nitrogen and oxygen atoms in total. The molecule has 0 aliphatic carbocycles. The highest BCUT2D eigenvalue weighted by atomic mass is 31.3. The monoisotopic (exact) mass is 909 g/mol. The molecule has 1 aliphatic heterocycles. The molecule has 0 atom stereocenters. The summed E-state index contributed by atoms with van der Waals surface area (Å²) in [6, 6.07) is 0. The van der Waals surface area contributed by atoms with E-state index in [1.165, 1.54) is 41.5 Å². The Hall–Kier alpha value is -4.29. The van der Waals surface area contributed by atoms with Crippen molar-refractivity contribution in [3.05, 3.63) is 72.9 Å². The Kier molecular flexibility index (Phi) is 24.0. The Labute approximate surface area is 349 Å². The highest BCUT2D eigenvalue weighted by Gasteiger charge is 2.43. The van der Waals surface area contributed by atoms with Crippen LogP contribution in [0.5, 0.6) is 0 Å². The van der Waals surface area contributed by atoms with Crippen molar-refractivity contribution in [3.8, 4) is 0 Å². The fourth-order valence-electron chi connectivity index (χ4n) is 3.39. The molecular formula is C36H54N3O18P3. The number of carbonyl (C=O) groups excluding carboxylic acids is 6. The number of hydrogen-bond donors (Lipinski definition) is 0. The number of ether oxygens (including phenoxy) is 6. The molecule has 0 aromatic heterocycles. The molecule has 0 fully saturated rings. The molecule has 336 valence electrons. The predicted octanol–water partition coefficient (Wildman–Crippen LogP) is 6.65. The van der Waals surface area contributed by atoms with Crippen molar-refractivity contribution in [3.63, 3.8) is 0 Å². The second kappa shape index (κ2) is 26.8. The minimum absolute atomic E-state index is 0.0961. The van der Waals surface area contributed by atoms with Gasteiger partial charge in [-0.3, -0.25) is 0 Å². The van der Waals surface area contributed by atoms with Gasteiger partial charge < -0.3 is 55.6 Å². The van der Waals surface area contributed by atoms with Crippen LogP contribution in [-0.2, 0) is 84.3 Å². The molecule has 1 rings (SSSR count). The molecule has 0 spiro atoms. The van der Waals surface area contributed by atoms with Crippen LogP contribution in [0, 0.1) is 0 Å². The van der Waals surface area contributed by atoms with E-state index in [0.717, 1.165) is 0 Å². The molecule has 0 unspecified atom stereocenters. The van der Waals surface area contributed by atoms with Crippen molar-refractivity contribution in [2.45, 2.75) is 41.5 Å². The van der Waals surface area contributed by atoms with E-state index in [0.29, 0.717) is 0 Å². The third-order valence-corrected chi connectivity index (χ3v) is 14.8. The summed E-state index contributed by atoms with van der Waals surface area (Å²) in [7, 11) is -12.9. The first-order valence-corrected chi connectivity index (χ1v) is 22.4. The van der Waals surface area contributed by atoms with Gasteiger partial charge >= 0.3 is 58.8 Å². The molecule has 1 aliphatic rings. The normalized spacial score (nSPS) is 14.3. The minimum Gasteiger partial charge on any atom is -0.460 e. The zero-order valence-corrected chi connectivity index (χ0v) is 37.4. The van der Waals surface area contributed by atoms with E-state index in [-0.39, 0.29) is 73.1 Å². The number of carbonyl (C=O) groups is 6. The lowest BCUT2D eigenvalue weighted by Crippen LogP contribution is -2.16. The van der Waals surface area contributed by atoms with Crippen molar-refractivity contribution in [2.75, 3.05) is 79.3 Å². The molecule has 0 aromatic carbocycles. The van der Waals surface area contributed by atoms with Crippen LogP contribution in [0.4, 0.5) is 0 Å². The zero-order chi connectivity index (χ0) is 45.5. The van der Waals surface area contributed by atoms with Crippen molar-refractivity contribution >= 4 is 58.8 Å². The van der Waals surface area contributed by atoms with Crippen LogP contribution in [0.15, 0.2) is 86.5 Å². The van der Waals surface area contributed by atoms with E-state index in [1.807, 2.05) is 0 Å². The maximum absolute atomic E-state index is 12.2. The Morgan fingerprint density at radius 1 is 0.300 bits per heavy atom. The number of hydrogen-bond acceptors (Lipinski definition) is 21. The average Bonchev–Trinajstić information content (AvgIpc) is 3.18. The SMILES string of the molecule is C=C(C)C(=O)OCCOP1(OCCOC(=O)C(=C)C)=NP(OCCOC(=O)C(=C)C)(OCCOC(=O)C(=C)C)=NP(OCCOC(=O)C(=C)C)(OCCOC(=O)C(=C)C)=N1. The van der Waals surface area contributed by atoms with Gasteiger partial charge in [-0.25, -0.2) is 28.8 Å². The van der Waals surface area contributed by atoms with Crippen molar-refractivity contribution in [2.24, 2.45) is 13.5 Å². The summed E-state index contributed by atoms with van der Waals surface area (Å²) in [5.74, 6) is -4.44. The van der Waals surface area contributed by atoms with Gasteiger partial charge in [0, 0.05) is 33.4 Å². The Balaban J connectivity index is 4.09. The van der Waals surface area contributed by atoms with E-state index >= 15 is 0 Å². The minimum atomic E-state index is -4.29. The fraction of sp³-hybridized carbons (Fsp3) is 0.500. The quantitative estimate of drug-likeness (QED) is 0.0240. The first-order chi connectivity index (χ1) is 28.1. The number of esters is 6. The summed E-state index contributed by atoms with van der Waals surface area (Å²) >= 11 is 0. The lowest BCUT2D eigenvalue weighted by molar-refractivity contribution is -0.140. The van der Waals surface area contributed by atoms with Gasteiger partial charge in [-0.05, 0) is 41.5 Å². The van der Waals surface area contributed by atoms with Gasteiger partial charge in [0.05, 0.1) is 39.6 Å². The molecule has 0 radical (unpaired) electrons. The highest BCUT2D eigenvalue weighted by Crippen LogP contribution is 2.80. The van der Waals surface area contributed by atoms with Crippen molar-refractivity contribution in [1.82, 2.24) is 0 Å². The summed E-state index contributed by atoms with van der Waals surface area (Å²) in [6.07, 6.45) is 0. The van der Waals surface area contributed by atoms with Crippen LogP contribution >= 0.6 is 23.0 Å². The summed E-state index contributed by atoms with van der Waals surface area (Å²) in [5, 5.41) is 0. The zero-order valence-electron chi connectivity index (χ0n) is 34.8. The largest absolute Gasteiger partial charge is 0.460 e. The Bertz CT molecular complexity index is 1530. The van der Waals surface area contributed by atoms with Gasteiger partial charge in [0.15, 0.2) is 0 Å². The van der Waals surface area contributed by atoms with E-state index < -0.39 is 98.4 Å². The van der Waals surface area contributed by atoms with Crippen LogP contribution < -0.4 is 0 Å². The summed E-state index contributed by atoms with van der Waals surface area (Å²) in [4.78, 5) is 73.2. The van der Waals surface area contributed by atoms with Gasteiger partial charge in [-0.1, -0.05) is 39.5 Å². The summed E-state index contributed by atoms with van der Waals surface area (Å²) < 4.78 is 82.0. The lowest BCUT2D eigenvalue weighted by Gasteiger charge is -2.33. The standard InChI is InChI=1S/C36H54N3O18P3/c1-25(2)31(40)46-13-19-52-58(53-20-14-47-32(41)26(3)4)37-59(54-21-15-48-33(42)27(5)6,55-22-16-49-34(43)28(7)8)39-60(38-58,56-23-17-50-35(44)29(9)10)57-24-18-51-36(45)30(11)12/h1,3,5,7,9,11,13-24H2,2,4,6,8,10,12H3. The van der Waals surface area contributed by atoms with E-state index in [1.54, 1.807) is 0 Å². The van der Waals surface area contributed by atoms with Crippen LogP contribution in [-0.4, -0.2) is 115 Å². The molecule has 24 heteroatoms. The van der Waals surface area contributed by atoms with Crippen molar-refractivity contribution < 1.29 is 84.3 Å². The lowest BCUT2D eigenvalue weighted by atomic mass is 10.4. The second-order valence-electron chi connectivity index (χ2n) is 12.2. The molecule has 0 bridgehead atoms. The maximum atomic E-state index is 12.2. The molecule has 0 saturated carbocycles. The van der Waals surface area contributed by atoms with Crippen molar-refractivity contribution in [1.29, 1.82) is 0 Å². The topological polar surface area (TPSA) is 250 Å². The van der Waals surface area contributed by atoms with E-state index in [4.69, 9.17) is 55.6 Å². The molecule has 0 N–H and O–H groups in total. The van der Waals surface area contributed by atoms with Gasteiger partial charge in [0.1, 0.15) is 39.6 Å². The molecular weight excluding hydrogens is 855 g/mol. The molecule has 60 heavy (non-hydrogen) atoms. The Morgan fingerprint density at radius 3 is 0.550 bits per heavy atom. The van der Waals surface area contributed by atoms with Gasteiger partial charge in [0.25, 0.3) is 0 Å². The molecule has 1 heterocycles. The fourth-order valence-corrected chi connectivity index (χ4v) is 12.8. The van der Waals surface area contributed by atoms with Gasteiger partial charge in [-0.2, -0.15) is 0 Å². The second-order valence-corrected chi connectivity index (χ2v) is 18.9. The number of rotatable bonds is 30. The average molecular weight is 910 g/mol.